The van der Waals surface area contributed by atoms with Gasteiger partial charge in [0, 0.05) is 18.7 Å². The number of benzene rings is 1. The predicted octanol–water partition coefficient (Wildman–Crippen LogP) is 1.33. The number of esters is 1. The Morgan fingerprint density at radius 1 is 1.36 bits per heavy atom. The van der Waals surface area contributed by atoms with Gasteiger partial charge in [-0.3, -0.25) is 14.5 Å². The number of hydrogen-bond donors (Lipinski definition) is 2. The molecule has 0 aliphatic carbocycles. The number of hydrogen-bond acceptors (Lipinski definition) is 6. The Morgan fingerprint density at radius 3 is 2.71 bits per heavy atom. The van der Waals surface area contributed by atoms with Crippen LogP contribution >= 0.6 is 11.8 Å². The van der Waals surface area contributed by atoms with E-state index in [4.69, 9.17) is 4.74 Å². The minimum atomic E-state index is -1.12. The quantitative estimate of drug-likeness (QED) is 0.630. The van der Waals surface area contributed by atoms with Crippen molar-refractivity contribution in [3.8, 4) is 0 Å². The molecule has 8 nitrogen and oxygen atoms in total. The van der Waals surface area contributed by atoms with Crippen molar-refractivity contribution in [3.63, 3.8) is 0 Å². The first-order valence-corrected chi connectivity index (χ1v) is 10.4. The van der Waals surface area contributed by atoms with Crippen LogP contribution in [0.2, 0.25) is 0 Å². The fourth-order valence-corrected chi connectivity index (χ4v) is 3.19. The van der Waals surface area contributed by atoms with Crippen molar-refractivity contribution in [2.45, 2.75) is 32.4 Å². The van der Waals surface area contributed by atoms with Crippen molar-refractivity contribution >= 4 is 35.6 Å². The lowest BCUT2D eigenvalue weighted by molar-refractivity contribution is -0.159. The average Bonchev–Trinajstić information content (AvgIpc) is 3.09. The van der Waals surface area contributed by atoms with Crippen LogP contribution in [0.3, 0.4) is 0 Å². The lowest BCUT2D eigenvalue weighted by atomic mass is 10.1. The molecule has 2 rings (SSSR count). The molecular formula is C19H25N3O5S. The van der Waals surface area contributed by atoms with E-state index in [1.807, 2.05) is 19.2 Å². The Balaban J connectivity index is 2.02. The Morgan fingerprint density at radius 2 is 2.11 bits per heavy atom. The first kappa shape index (κ1) is 21.7. The molecule has 1 aliphatic rings. The topological polar surface area (TPSA) is 105 Å². The van der Waals surface area contributed by atoms with Gasteiger partial charge in [0.1, 0.15) is 6.04 Å². The Labute approximate surface area is 168 Å². The summed E-state index contributed by atoms with van der Waals surface area (Å²) >= 11 is 1.53. The van der Waals surface area contributed by atoms with Gasteiger partial charge in [0.2, 0.25) is 0 Å². The van der Waals surface area contributed by atoms with Gasteiger partial charge in [-0.15, -0.1) is 0 Å². The van der Waals surface area contributed by atoms with Crippen LogP contribution in [-0.4, -0.2) is 66.0 Å². The van der Waals surface area contributed by atoms with Gasteiger partial charge in [-0.1, -0.05) is 17.7 Å². The van der Waals surface area contributed by atoms with Crippen LogP contribution in [0.25, 0.3) is 0 Å². The number of nitrogens with one attached hydrogen (secondary N) is 2. The maximum absolute atomic E-state index is 12.6. The molecule has 9 heteroatoms. The highest BCUT2D eigenvalue weighted by atomic mass is 32.2. The molecule has 1 aliphatic heterocycles. The average molecular weight is 407 g/mol. The molecule has 0 radical (unpaired) electrons. The number of aryl methyl sites for hydroxylation is 1. The third-order valence-electron chi connectivity index (χ3n) is 4.24. The summed E-state index contributed by atoms with van der Waals surface area (Å²) in [5.74, 6) is -1.04. The number of carbonyl (C=O) groups excluding carboxylic acids is 4. The summed E-state index contributed by atoms with van der Waals surface area (Å²) in [7, 11) is 0. The Bertz CT molecular complexity index is 755. The summed E-state index contributed by atoms with van der Waals surface area (Å²) in [5, 5.41) is 5.21. The monoisotopic (exact) mass is 407 g/mol. The van der Waals surface area contributed by atoms with E-state index in [9.17, 15) is 19.2 Å². The lowest BCUT2D eigenvalue weighted by Gasteiger charge is -2.22. The summed E-state index contributed by atoms with van der Waals surface area (Å²) in [6, 6.07) is 5.64. The third-order valence-corrected chi connectivity index (χ3v) is 4.89. The van der Waals surface area contributed by atoms with Crippen molar-refractivity contribution in [1.29, 1.82) is 0 Å². The summed E-state index contributed by atoms with van der Waals surface area (Å²) in [5.41, 5.74) is 1.37. The first-order valence-electron chi connectivity index (χ1n) is 8.99. The molecule has 0 bridgehead atoms. The van der Waals surface area contributed by atoms with Crippen LogP contribution in [0.4, 0.5) is 4.79 Å². The molecule has 4 amide bonds. The molecule has 0 unspecified atom stereocenters. The standard InChI is InChI=1S/C19H25N3O5S/c1-12-5-4-6-14(11-12)16(23)21-15(7-10-28-3)18(25)27-13(2)17(24)22-9-8-20-19(22)26/h4-6,11,13,15H,7-10H2,1-3H3,(H,20,26)(H,21,23)/t13-,15+/m1/s1. The molecule has 2 atom stereocenters. The summed E-state index contributed by atoms with van der Waals surface area (Å²) in [6.45, 7) is 3.89. The normalized spacial score (nSPS) is 15.5. The fraction of sp³-hybridized carbons (Fsp3) is 0.474. The highest BCUT2D eigenvalue weighted by Gasteiger charge is 2.33. The van der Waals surface area contributed by atoms with Crippen molar-refractivity contribution in [2.75, 3.05) is 25.1 Å². The highest BCUT2D eigenvalue weighted by molar-refractivity contribution is 7.98. The molecule has 1 aromatic rings. The number of nitrogens with zero attached hydrogens (tertiary/aromatic N) is 1. The van der Waals surface area contributed by atoms with E-state index >= 15 is 0 Å². The molecule has 1 fully saturated rings. The Kier molecular flexibility index (Phi) is 7.86. The summed E-state index contributed by atoms with van der Waals surface area (Å²) in [6.07, 6.45) is 1.13. The van der Waals surface area contributed by atoms with Crippen molar-refractivity contribution in [2.24, 2.45) is 0 Å². The third kappa shape index (κ3) is 5.72. The van der Waals surface area contributed by atoms with Gasteiger partial charge in [-0.05, 0) is 44.4 Å². The number of imide groups is 1. The predicted molar refractivity (Wildman–Crippen MR) is 106 cm³/mol. The van der Waals surface area contributed by atoms with E-state index in [2.05, 4.69) is 10.6 Å². The van der Waals surface area contributed by atoms with Crippen LogP contribution in [-0.2, 0) is 14.3 Å². The van der Waals surface area contributed by atoms with E-state index < -0.39 is 30.1 Å². The maximum atomic E-state index is 12.6. The van der Waals surface area contributed by atoms with E-state index in [1.165, 1.54) is 18.7 Å². The van der Waals surface area contributed by atoms with E-state index in [1.54, 1.807) is 18.2 Å². The number of carbonyl (C=O) groups is 4. The van der Waals surface area contributed by atoms with Crippen LogP contribution in [0.5, 0.6) is 0 Å². The SMILES string of the molecule is CSCC[C@H](NC(=O)c1cccc(C)c1)C(=O)O[C@H](C)C(=O)N1CCNC1=O. The van der Waals surface area contributed by atoms with Crippen LogP contribution < -0.4 is 10.6 Å². The second kappa shape index (κ2) is 10.1. The molecule has 1 heterocycles. The van der Waals surface area contributed by atoms with Gasteiger partial charge in [0.25, 0.3) is 11.8 Å². The highest BCUT2D eigenvalue weighted by Crippen LogP contribution is 2.10. The number of ether oxygens (including phenoxy) is 1. The zero-order valence-corrected chi connectivity index (χ0v) is 17.0. The Hall–Kier alpha value is -2.55. The van der Waals surface area contributed by atoms with Crippen LogP contribution in [0, 0.1) is 6.92 Å². The van der Waals surface area contributed by atoms with Crippen molar-refractivity contribution in [3.05, 3.63) is 35.4 Å². The molecule has 0 spiro atoms. The fourth-order valence-electron chi connectivity index (χ4n) is 2.72. The summed E-state index contributed by atoms with van der Waals surface area (Å²) in [4.78, 5) is 50.0. The zero-order valence-electron chi connectivity index (χ0n) is 16.2. The largest absolute Gasteiger partial charge is 0.451 e. The van der Waals surface area contributed by atoms with Crippen LogP contribution in [0.15, 0.2) is 24.3 Å². The second-order valence-electron chi connectivity index (χ2n) is 6.48. The van der Waals surface area contributed by atoms with Gasteiger partial charge < -0.3 is 15.4 Å². The van der Waals surface area contributed by atoms with Gasteiger partial charge in [0.15, 0.2) is 6.10 Å². The van der Waals surface area contributed by atoms with Gasteiger partial charge in [-0.2, -0.15) is 11.8 Å². The number of amides is 4. The van der Waals surface area contributed by atoms with Gasteiger partial charge in [-0.25, -0.2) is 9.59 Å². The molecule has 28 heavy (non-hydrogen) atoms. The summed E-state index contributed by atoms with van der Waals surface area (Å²) < 4.78 is 5.26. The van der Waals surface area contributed by atoms with Gasteiger partial charge in [0.05, 0.1) is 0 Å². The molecule has 1 saturated heterocycles. The van der Waals surface area contributed by atoms with E-state index in [0.29, 0.717) is 24.3 Å². The van der Waals surface area contributed by atoms with E-state index in [0.717, 1.165) is 10.5 Å². The van der Waals surface area contributed by atoms with Crippen LogP contribution in [0.1, 0.15) is 29.3 Å². The molecule has 0 aromatic heterocycles. The van der Waals surface area contributed by atoms with Gasteiger partial charge >= 0.3 is 12.0 Å². The zero-order chi connectivity index (χ0) is 20.7. The molecular weight excluding hydrogens is 382 g/mol. The smallest absolute Gasteiger partial charge is 0.329 e. The molecule has 0 saturated carbocycles. The number of rotatable bonds is 8. The molecule has 1 aromatic carbocycles. The molecule has 152 valence electrons. The van der Waals surface area contributed by atoms with Crippen molar-refractivity contribution in [1.82, 2.24) is 15.5 Å². The lowest BCUT2D eigenvalue weighted by Crippen LogP contribution is -2.46. The number of urea groups is 1. The first-order chi connectivity index (χ1) is 13.3. The minimum absolute atomic E-state index is 0.236. The van der Waals surface area contributed by atoms with Crippen molar-refractivity contribution < 1.29 is 23.9 Å². The van der Waals surface area contributed by atoms with E-state index in [-0.39, 0.29) is 12.5 Å². The maximum Gasteiger partial charge on any atom is 0.329 e. The second-order valence-corrected chi connectivity index (χ2v) is 7.46. The minimum Gasteiger partial charge on any atom is -0.451 e. The number of thioether (sulfide) groups is 1. The molecule has 2 N–H and O–H groups in total.